The molecule has 0 spiro atoms. The largest absolute Gasteiger partial charge is 0.386 e. The van der Waals surface area contributed by atoms with Gasteiger partial charge in [-0.25, -0.2) is 9.59 Å². The molecule has 5 aliphatic rings. The number of carbonyl (C=O) groups excluding carboxylic acids is 2. The lowest BCUT2D eigenvalue weighted by Gasteiger charge is -2.55. The third-order valence-electron chi connectivity index (χ3n) is 5.64. The number of cyclic esters (lactones) is 2. The Hall–Kier alpha value is -1.68. The average molecular weight is 299 g/mol. The molecular formula is C18H21NO3. The van der Waals surface area contributed by atoms with Crippen molar-refractivity contribution in [2.75, 3.05) is 0 Å². The lowest BCUT2D eigenvalue weighted by atomic mass is 9.53. The molecule has 4 aliphatic carbocycles. The number of benzene rings is 1. The fraction of sp³-hybridized carbons (Fsp3) is 0.556. The molecule has 0 aromatic heterocycles. The van der Waals surface area contributed by atoms with Crippen molar-refractivity contribution in [1.29, 1.82) is 0 Å². The Bertz CT molecular complexity index is 569. The first-order chi connectivity index (χ1) is 10.5. The van der Waals surface area contributed by atoms with Gasteiger partial charge in [-0.15, -0.1) is 0 Å². The smallest absolute Gasteiger partial charge is 0.346 e. The summed E-state index contributed by atoms with van der Waals surface area (Å²) in [6.45, 7) is 0. The zero-order valence-corrected chi connectivity index (χ0v) is 12.6. The first-order valence-electron chi connectivity index (χ1n) is 8.17. The van der Waals surface area contributed by atoms with Gasteiger partial charge in [-0.2, -0.15) is 0 Å². The Morgan fingerprint density at radius 3 is 1.64 bits per heavy atom. The van der Waals surface area contributed by atoms with Gasteiger partial charge in [-0.1, -0.05) is 12.1 Å². The van der Waals surface area contributed by atoms with Crippen molar-refractivity contribution in [3.05, 3.63) is 35.4 Å². The van der Waals surface area contributed by atoms with Crippen molar-refractivity contribution in [3.8, 4) is 0 Å². The molecule has 4 nitrogen and oxygen atoms in total. The molecule has 116 valence electrons. The predicted octanol–water partition coefficient (Wildman–Crippen LogP) is 2.91. The van der Waals surface area contributed by atoms with Crippen molar-refractivity contribution >= 4 is 11.9 Å². The number of esters is 2. The number of ether oxygens (including phenoxy) is 1. The van der Waals surface area contributed by atoms with Crippen molar-refractivity contribution < 1.29 is 14.3 Å². The van der Waals surface area contributed by atoms with E-state index < -0.39 is 11.9 Å². The minimum Gasteiger partial charge on any atom is -0.386 e. The summed E-state index contributed by atoms with van der Waals surface area (Å²) < 4.78 is 4.35. The zero-order chi connectivity index (χ0) is 15.3. The topological polar surface area (TPSA) is 69.4 Å². The highest BCUT2D eigenvalue weighted by Crippen LogP contribution is 2.54. The summed E-state index contributed by atoms with van der Waals surface area (Å²) in [5.41, 5.74) is 7.34. The minimum absolute atomic E-state index is 0.300. The fourth-order valence-electron chi connectivity index (χ4n) is 5.21. The fourth-order valence-corrected chi connectivity index (χ4v) is 5.21. The van der Waals surface area contributed by atoms with Crippen LogP contribution in [-0.2, 0) is 4.74 Å². The SMILES string of the molecule is NC12CC3CC(CC(C3)C1)C2.O=C1OC(=O)c2ccccc21. The molecule has 2 N–H and O–H groups in total. The lowest BCUT2D eigenvalue weighted by Crippen LogP contribution is -2.55. The molecule has 1 aromatic rings. The van der Waals surface area contributed by atoms with Crippen LogP contribution in [0.15, 0.2) is 24.3 Å². The van der Waals surface area contributed by atoms with Gasteiger partial charge < -0.3 is 10.5 Å². The Morgan fingerprint density at radius 2 is 1.27 bits per heavy atom. The summed E-state index contributed by atoms with van der Waals surface area (Å²) in [7, 11) is 0. The van der Waals surface area contributed by atoms with Gasteiger partial charge in [0.15, 0.2) is 0 Å². The monoisotopic (exact) mass is 299 g/mol. The lowest BCUT2D eigenvalue weighted by molar-refractivity contribution is 0.000357. The Morgan fingerprint density at radius 1 is 0.864 bits per heavy atom. The van der Waals surface area contributed by atoms with Crippen LogP contribution in [0.25, 0.3) is 0 Å². The van der Waals surface area contributed by atoms with E-state index in [0.29, 0.717) is 16.7 Å². The molecule has 6 rings (SSSR count). The molecule has 1 aliphatic heterocycles. The van der Waals surface area contributed by atoms with Gasteiger partial charge in [0.2, 0.25) is 0 Å². The maximum absolute atomic E-state index is 10.8. The van der Waals surface area contributed by atoms with Crippen molar-refractivity contribution in [1.82, 2.24) is 0 Å². The second-order valence-electron chi connectivity index (χ2n) is 7.50. The quantitative estimate of drug-likeness (QED) is 0.590. The van der Waals surface area contributed by atoms with Gasteiger partial charge in [-0.3, -0.25) is 0 Å². The highest BCUT2D eigenvalue weighted by molar-refractivity contribution is 6.14. The van der Waals surface area contributed by atoms with Crippen LogP contribution in [0.2, 0.25) is 0 Å². The Labute approximate surface area is 130 Å². The molecule has 4 heteroatoms. The molecule has 1 aromatic carbocycles. The van der Waals surface area contributed by atoms with Crippen LogP contribution in [0.1, 0.15) is 59.2 Å². The second kappa shape index (κ2) is 4.92. The van der Waals surface area contributed by atoms with E-state index in [1.807, 2.05) is 0 Å². The van der Waals surface area contributed by atoms with Gasteiger partial charge in [0.1, 0.15) is 0 Å². The summed E-state index contributed by atoms with van der Waals surface area (Å²) in [6, 6.07) is 6.53. The first kappa shape index (κ1) is 13.9. The van der Waals surface area contributed by atoms with Crippen LogP contribution >= 0.6 is 0 Å². The predicted molar refractivity (Wildman–Crippen MR) is 81.3 cm³/mol. The molecule has 1 heterocycles. The van der Waals surface area contributed by atoms with Crippen molar-refractivity contribution in [2.24, 2.45) is 23.5 Å². The second-order valence-corrected chi connectivity index (χ2v) is 7.50. The standard InChI is InChI=1S/C10H17N.C8H4O3/c11-10-4-7-1-8(5-10)3-9(2-7)6-10;9-7-5-3-1-2-4-6(5)8(10)11-7/h7-9H,1-6,11H2;1-4H. The Kier molecular flexibility index (Phi) is 3.12. The molecule has 0 radical (unpaired) electrons. The van der Waals surface area contributed by atoms with E-state index in [1.54, 1.807) is 24.3 Å². The van der Waals surface area contributed by atoms with E-state index in [-0.39, 0.29) is 0 Å². The van der Waals surface area contributed by atoms with E-state index in [1.165, 1.54) is 38.5 Å². The molecule has 0 amide bonds. The van der Waals surface area contributed by atoms with Gasteiger partial charge in [-0.05, 0) is 68.4 Å². The van der Waals surface area contributed by atoms with Crippen LogP contribution in [0.4, 0.5) is 0 Å². The molecule has 4 bridgehead atoms. The van der Waals surface area contributed by atoms with Crippen molar-refractivity contribution in [2.45, 2.75) is 44.1 Å². The molecule has 22 heavy (non-hydrogen) atoms. The maximum atomic E-state index is 10.8. The molecule has 0 unspecified atom stereocenters. The molecule has 0 atom stereocenters. The van der Waals surface area contributed by atoms with E-state index in [0.717, 1.165) is 17.8 Å². The molecule has 0 saturated heterocycles. The highest BCUT2D eigenvalue weighted by Gasteiger charge is 2.48. The number of nitrogens with two attached hydrogens (primary N) is 1. The normalized spacial score (nSPS) is 37.4. The number of fused-ring (bicyclic) bond motifs is 1. The summed E-state index contributed by atoms with van der Waals surface area (Å²) >= 11 is 0. The van der Waals surface area contributed by atoms with Crippen LogP contribution in [0, 0.1) is 17.8 Å². The minimum atomic E-state index is -0.550. The number of hydrogen-bond acceptors (Lipinski definition) is 4. The van der Waals surface area contributed by atoms with Gasteiger partial charge in [0.25, 0.3) is 0 Å². The van der Waals surface area contributed by atoms with Crippen LogP contribution in [-0.4, -0.2) is 17.5 Å². The summed E-state index contributed by atoms with van der Waals surface area (Å²) in [4.78, 5) is 21.7. The summed E-state index contributed by atoms with van der Waals surface area (Å²) in [5.74, 6) is 1.96. The molecular weight excluding hydrogens is 278 g/mol. The van der Waals surface area contributed by atoms with Crippen LogP contribution < -0.4 is 5.73 Å². The first-order valence-corrected chi connectivity index (χ1v) is 8.17. The van der Waals surface area contributed by atoms with E-state index in [4.69, 9.17) is 5.73 Å². The molecule has 4 fully saturated rings. The highest BCUT2D eigenvalue weighted by atomic mass is 16.6. The Balaban J connectivity index is 0.000000114. The third-order valence-corrected chi connectivity index (χ3v) is 5.64. The summed E-state index contributed by atoms with van der Waals surface area (Å²) in [5, 5.41) is 0. The zero-order valence-electron chi connectivity index (χ0n) is 12.6. The number of carbonyl (C=O) groups is 2. The number of hydrogen-bond donors (Lipinski definition) is 1. The third kappa shape index (κ3) is 2.35. The van der Waals surface area contributed by atoms with E-state index in [9.17, 15) is 9.59 Å². The molecule has 4 saturated carbocycles. The van der Waals surface area contributed by atoms with E-state index >= 15 is 0 Å². The van der Waals surface area contributed by atoms with Crippen molar-refractivity contribution in [3.63, 3.8) is 0 Å². The number of rotatable bonds is 0. The van der Waals surface area contributed by atoms with Gasteiger partial charge in [0, 0.05) is 5.54 Å². The average Bonchev–Trinajstić information content (AvgIpc) is 2.73. The maximum Gasteiger partial charge on any atom is 0.346 e. The van der Waals surface area contributed by atoms with Crippen LogP contribution in [0.3, 0.4) is 0 Å². The summed E-state index contributed by atoms with van der Waals surface area (Å²) in [6.07, 6.45) is 8.57. The van der Waals surface area contributed by atoms with E-state index in [2.05, 4.69) is 4.74 Å². The van der Waals surface area contributed by atoms with Gasteiger partial charge >= 0.3 is 11.9 Å². The van der Waals surface area contributed by atoms with Crippen LogP contribution in [0.5, 0.6) is 0 Å². The van der Waals surface area contributed by atoms with Gasteiger partial charge in [0.05, 0.1) is 11.1 Å².